The molecule has 0 aliphatic rings. The maximum Gasteiger partial charge on any atom is 0.255 e. The summed E-state index contributed by atoms with van der Waals surface area (Å²) in [5.74, 6) is 1.12. The summed E-state index contributed by atoms with van der Waals surface area (Å²) in [6, 6.07) is 14.9. The fourth-order valence-electron chi connectivity index (χ4n) is 3.05. The molecule has 0 aliphatic carbocycles. The highest BCUT2D eigenvalue weighted by atomic mass is 16.5. The van der Waals surface area contributed by atoms with Crippen molar-refractivity contribution in [2.24, 2.45) is 0 Å². The van der Waals surface area contributed by atoms with Crippen LogP contribution in [0.1, 0.15) is 27.0 Å². The Morgan fingerprint density at radius 1 is 1.00 bits per heavy atom. The third-order valence-corrected chi connectivity index (χ3v) is 4.28. The molecule has 3 aromatic rings. The molecular formula is C22H23N3O2. The predicted molar refractivity (Wildman–Crippen MR) is 109 cm³/mol. The highest BCUT2D eigenvalue weighted by Crippen LogP contribution is 2.25. The van der Waals surface area contributed by atoms with Crippen molar-refractivity contribution in [3.05, 3.63) is 77.0 Å². The van der Waals surface area contributed by atoms with E-state index in [2.05, 4.69) is 48.5 Å². The molecule has 3 rings (SSSR count). The van der Waals surface area contributed by atoms with Crippen molar-refractivity contribution in [3.63, 3.8) is 0 Å². The molecule has 0 unspecified atom stereocenters. The van der Waals surface area contributed by atoms with Crippen molar-refractivity contribution < 1.29 is 9.53 Å². The van der Waals surface area contributed by atoms with Crippen LogP contribution in [-0.2, 0) is 0 Å². The second kappa shape index (κ2) is 7.91. The lowest BCUT2D eigenvalue weighted by Gasteiger charge is -2.14. The molecule has 5 heteroatoms. The smallest absolute Gasteiger partial charge is 0.255 e. The van der Waals surface area contributed by atoms with Gasteiger partial charge in [0.2, 0.25) is 0 Å². The first kappa shape index (κ1) is 18.5. The van der Waals surface area contributed by atoms with E-state index in [9.17, 15) is 4.79 Å². The van der Waals surface area contributed by atoms with Crippen LogP contribution in [0.3, 0.4) is 0 Å². The molecule has 0 saturated heterocycles. The summed E-state index contributed by atoms with van der Waals surface area (Å²) < 4.78 is 5.19. The summed E-state index contributed by atoms with van der Waals surface area (Å²) >= 11 is 0. The van der Waals surface area contributed by atoms with Gasteiger partial charge in [0.15, 0.2) is 0 Å². The molecule has 1 aromatic heterocycles. The number of amides is 1. The van der Waals surface area contributed by atoms with Gasteiger partial charge in [-0.2, -0.15) is 0 Å². The van der Waals surface area contributed by atoms with Crippen molar-refractivity contribution in [1.82, 2.24) is 4.98 Å². The minimum Gasteiger partial charge on any atom is -0.497 e. The Morgan fingerprint density at radius 3 is 2.44 bits per heavy atom. The lowest BCUT2D eigenvalue weighted by atomic mass is 10.1. The molecule has 1 heterocycles. The molecule has 0 spiro atoms. The molecule has 0 saturated carbocycles. The second-order valence-corrected chi connectivity index (χ2v) is 6.51. The van der Waals surface area contributed by atoms with E-state index >= 15 is 0 Å². The number of carbonyl (C=O) groups is 1. The van der Waals surface area contributed by atoms with Gasteiger partial charge in [-0.1, -0.05) is 23.8 Å². The van der Waals surface area contributed by atoms with E-state index in [0.717, 1.165) is 16.8 Å². The molecule has 27 heavy (non-hydrogen) atoms. The normalized spacial score (nSPS) is 10.4. The van der Waals surface area contributed by atoms with Gasteiger partial charge in [0.1, 0.15) is 11.6 Å². The average molecular weight is 361 g/mol. The highest BCUT2D eigenvalue weighted by molar-refractivity contribution is 6.04. The molecule has 0 aliphatic heterocycles. The number of hydrogen-bond donors (Lipinski definition) is 2. The molecule has 0 atom stereocenters. The maximum atomic E-state index is 12.6. The summed E-state index contributed by atoms with van der Waals surface area (Å²) in [6.07, 6.45) is 1.63. The van der Waals surface area contributed by atoms with E-state index < -0.39 is 0 Å². The SMILES string of the molecule is COc1cccc(NC(=O)c2ccnc(Nc3c(C)cc(C)cc3C)c2)c1. The van der Waals surface area contributed by atoms with Crippen molar-refractivity contribution in [3.8, 4) is 5.75 Å². The van der Waals surface area contributed by atoms with Crippen molar-refractivity contribution >= 4 is 23.1 Å². The number of anilines is 3. The number of nitrogens with zero attached hydrogens (tertiary/aromatic N) is 1. The molecule has 138 valence electrons. The molecule has 2 aromatic carbocycles. The number of rotatable bonds is 5. The van der Waals surface area contributed by atoms with Gasteiger partial charge < -0.3 is 15.4 Å². The van der Waals surface area contributed by atoms with Gasteiger partial charge in [-0.05, 0) is 56.2 Å². The van der Waals surface area contributed by atoms with Gasteiger partial charge in [0, 0.05) is 29.2 Å². The molecule has 0 bridgehead atoms. The molecule has 5 nitrogen and oxygen atoms in total. The van der Waals surface area contributed by atoms with E-state index in [1.54, 1.807) is 31.5 Å². The quantitative estimate of drug-likeness (QED) is 0.670. The minimum absolute atomic E-state index is 0.203. The fraction of sp³-hybridized carbons (Fsp3) is 0.182. The third-order valence-electron chi connectivity index (χ3n) is 4.28. The zero-order valence-electron chi connectivity index (χ0n) is 16.0. The lowest BCUT2D eigenvalue weighted by Crippen LogP contribution is -2.12. The third kappa shape index (κ3) is 4.44. The van der Waals surface area contributed by atoms with Crippen LogP contribution in [0, 0.1) is 20.8 Å². The number of pyridine rings is 1. The summed E-state index contributed by atoms with van der Waals surface area (Å²) in [4.78, 5) is 16.9. The first-order valence-electron chi connectivity index (χ1n) is 8.72. The highest BCUT2D eigenvalue weighted by Gasteiger charge is 2.10. The maximum absolute atomic E-state index is 12.6. The van der Waals surface area contributed by atoms with Crippen LogP contribution < -0.4 is 15.4 Å². The molecule has 2 N–H and O–H groups in total. The Kier molecular flexibility index (Phi) is 5.41. The zero-order chi connectivity index (χ0) is 19.4. The number of methoxy groups -OCH3 is 1. The summed E-state index contributed by atoms with van der Waals surface area (Å²) in [7, 11) is 1.59. The predicted octanol–water partition coefficient (Wildman–Crippen LogP) is 5.01. The lowest BCUT2D eigenvalue weighted by molar-refractivity contribution is 0.102. The van der Waals surface area contributed by atoms with E-state index in [1.165, 1.54) is 5.56 Å². The zero-order valence-corrected chi connectivity index (χ0v) is 16.0. The van der Waals surface area contributed by atoms with Crippen molar-refractivity contribution in [1.29, 1.82) is 0 Å². The average Bonchev–Trinajstić information content (AvgIpc) is 2.65. The molecular weight excluding hydrogens is 338 g/mol. The minimum atomic E-state index is -0.203. The van der Waals surface area contributed by atoms with E-state index in [4.69, 9.17) is 4.74 Å². The van der Waals surface area contributed by atoms with Crippen molar-refractivity contribution in [2.75, 3.05) is 17.7 Å². The van der Waals surface area contributed by atoms with E-state index in [-0.39, 0.29) is 5.91 Å². The molecule has 0 fully saturated rings. The number of ether oxygens (including phenoxy) is 1. The van der Waals surface area contributed by atoms with Crippen LogP contribution in [0.15, 0.2) is 54.7 Å². The van der Waals surface area contributed by atoms with Gasteiger partial charge >= 0.3 is 0 Å². The Morgan fingerprint density at radius 2 is 1.74 bits per heavy atom. The van der Waals surface area contributed by atoms with Gasteiger partial charge in [0.25, 0.3) is 5.91 Å². The Hall–Kier alpha value is -3.34. The van der Waals surface area contributed by atoms with Crippen LogP contribution in [0.4, 0.5) is 17.2 Å². The molecule has 0 radical (unpaired) electrons. The first-order chi connectivity index (χ1) is 13.0. The number of aromatic nitrogens is 1. The van der Waals surface area contributed by atoms with Crippen LogP contribution in [0.2, 0.25) is 0 Å². The number of carbonyl (C=O) groups excluding carboxylic acids is 1. The number of aryl methyl sites for hydroxylation is 3. The van der Waals surface area contributed by atoms with Crippen LogP contribution >= 0.6 is 0 Å². The fourth-order valence-corrected chi connectivity index (χ4v) is 3.05. The van der Waals surface area contributed by atoms with Gasteiger partial charge in [-0.3, -0.25) is 4.79 Å². The van der Waals surface area contributed by atoms with E-state index in [1.807, 2.05) is 18.2 Å². The van der Waals surface area contributed by atoms with Gasteiger partial charge in [-0.25, -0.2) is 4.98 Å². The number of hydrogen-bond acceptors (Lipinski definition) is 4. The Labute approximate surface area is 159 Å². The summed E-state index contributed by atoms with van der Waals surface area (Å²) in [5.41, 5.74) is 5.71. The topological polar surface area (TPSA) is 63.2 Å². The van der Waals surface area contributed by atoms with Crippen LogP contribution in [0.25, 0.3) is 0 Å². The Balaban J connectivity index is 1.80. The van der Waals surface area contributed by atoms with Gasteiger partial charge in [0.05, 0.1) is 7.11 Å². The summed E-state index contributed by atoms with van der Waals surface area (Å²) in [5, 5.41) is 6.21. The number of nitrogens with one attached hydrogen (secondary N) is 2. The molecule has 1 amide bonds. The van der Waals surface area contributed by atoms with E-state index in [0.29, 0.717) is 22.8 Å². The Bertz CT molecular complexity index is 960. The summed E-state index contributed by atoms with van der Waals surface area (Å²) in [6.45, 7) is 6.19. The largest absolute Gasteiger partial charge is 0.497 e. The van der Waals surface area contributed by atoms with Gasteiger partial charge in [-0.15, -0.1) is 0 Å². The first-order valence-corrected chi connectivity index (χ1v) is 8.72. The number of benzene rings is 2. The van der Waals surface area contributed by atoms with Crippen LogP contribution in [-0.4, -0.2) is 18.0 Å². The van der Waals surface area contributed by atoms with Crippen LogP contribution in [0.5, 0.6) is 5.75 Å². The van der Waals surface area contributed by atoms with Crippen molar-refractivity contribution in [2.45, 2.75) is 20.8 Å². The standard InChI is InChI=1S/C22H23N3O2/c1-14-10-15(2)21(16(3)11-14)25-20-12-17(8-9-23-20)22(26)24-18-6-5-7-19(13-18)27-4/h5-13H,1-4H3,(H,23,25)(H,24,26). The monoisotopic (exact) mass is 361 g/mol. The second-order valence-electron chi connectivity index (χ2n) is 6.51.